The van der Waals surface area contributed by atoms with E-state index in [-0.39, 0.29) is 11.5 Å². The van der Waals surface area contributed by atoms with E-state index in [4.69, 9.17) is 22.1 Å². The minimum Gasteiger partial charge on any atom is -0.376 e. The predicted octanol–water partition coefficient (Wildman–Crippen LogP) is 2.70. The minimum atomic E-state index is -0.0826. The van der Waals surface area contributed by atoms with Crippen molar-refractivity contribution in [3.05, 3.63) is 34.9 Å². The summed E-state index contributed by atoms with van der Waals surface area (Å²) >= 11 is 5.92. The number of aliphatic imine (C=N–C) groups is 1. The average molecular weight is 310 g/mol. The maximum Gasteiger partial charge on any atom is 0.188 e. The molecule has 1 aromatic rings. The summed E-state index contributed by atoms with van der Waals surface area (Å²) in [4.78, 5) is 4.45. The molecular weight excluding hydrogens is 286 g/mol. The van der Waals surface area contributed by atoms with Crippen LogP contribution in [0.4, 0.5) is 0 Å². The Kier molecular flexibility index (Phi) is 5.48. The lowest BCUT2D eigenvalue weighted by Gasteiger charge is -2.23. The number of nitrogens with one attached hydrogen (secondary N) is 1. The van der Waals surface area contributed by atoms with Crippen molar-refractivity contribution in [1.82, 2.24) is 5.32 Å². The van der Waals surface area contributed by atoms with Gasteiger partial charge in [-0.2, -0.15) is 0 Å². The minimum absolute atomic E-state index is 0.0826. The van der Waals surface area contributed by atoms with E-state index in [1.165, 1.54) is 5.56 Å². The van der Waals surface area contributed by atoms with E-state index in [0.717, 1.165) is 31.0 Å². The van der Waals surface area contributed by atoms with Gasteiger partial charge in [-0.25, -0.2) is 0 Å². The Hall–Kier alpha value is -1.26. The van der Waals surface area contributed by atoms with Crippen LogP contribution in [0.25, 0.3) is 0 Å². The van der Waals surface area contributed by atoms with Crippen molar-refractivity contribution in [2.75, 3.05) is 19.7 Å². The maximum absolute atomic E-state index is 5.92. The standard InChI is InChI=1S/C16H24ClN3O/c1-16(2,12-5-7-13(17)8-6-12)11-20-15(18)19-10-14-4-3-9-21-14/h5-8,14H,3-4,9-11H2,1-2H3,(H3,18,19,20). The van der Waals surface area contributed by atoms with Gasteiger partial charge in [-0.3, -0.25) is 4.99 Å². The van der Waals surface area contributed by atoms with Crippen molar-refractivity contribution in [2.45, 2.75) is 38.2 Å². The summed E-state index contributed by atoms with van der Waals surface area (Å²) in [6.45, 7) is 6.50. The average Bonchev–Trinajstić information content (AvgIpc) is 2.97. The Morgan fingerprint density at radius 2 is 2.14 bits per heavy atom. The maximum atomic E-state index is 5.92. The molecule has 0 aliphatic carbocycles. The van der Waals surface area contributed by atoms with E-state index < -0.39 is 0 Å². The predicted molar refractivity (Wildman–Crippen MR) is 87.9 cm³/mol. The topological polar surface area (TPSA) is 59.6 Å². The Bertz CT molecular complexity index is 479. The van der Waals surface area contributed by atoms with Gasteiger partial charge in [0.2, 0.25) is 0 Å². The molecule has 0 bridgehead atoms. The molecular formula is C16H24ClN3O. The van der Waals surface area contributed by atoms with E-state index in [0.29, 0.717) is 12.5 Å². The fraction of sp³-hybridized carbons (Fsp3) is 0.562. The third-order valence-corrected chi connectivity index (χ3v) is 4.06. The molecule has 2 rings (SSSR count). The molecule has 116 valence electrons. The SMILES string of the molecule is CC(C)(CN=C(N)NCC1CCCO1)c1ccc(Cl)cc1. The summed E-state index contributed by atoms with van der Waals surface area (Å²) in [5.41, 5.74) is 7.04. The lowest BCUT2D eigenvalue weighted by atomic mass is 9.85. The van der Waals surface area contributed by atoms with Gasteiger partial charge in [0, 0.05) is 23.6 Å². The molecule has 0 aromatic heterocycles. The molecule has 5 heteroatoms. The van der Waals surface area contributed by atoms with Gasteiger partial charge in [0.05, 0.1) is 12.6 Å². The highest BCUT2D eigenvalue weighted by Gasteiger charge is 2.20. The molecule has 1 aromatic carbocycles. The van der Waals surface area contributed by atoms with Gasteiger partial charge in [-0.05, 0) is 30.5 Å². The zero-order chi connectivity index (χ0) is 15.3. The molecule has 0 radical (unpaired) electrons. The first-order valence-corrected chi connectivity index (χ1v) is 7.76. The van der Waals surface area contributed by atoms with Crippen LogP contribution in [0.15, 0.2) is 29.3 Å². The summed E-state index contributed by atoms with van der Waals surface area (Å²) in [6.07, 6.45) is 2.49. The van der Waals surface area contributed by atoms with Gasteiger partial charge >= 0.3 is 0 Å². The number of hydrogen-bond donors (Lipinski definition) is 2. The lowest BCUT2D eigenvalue weighted by Crippen LogP contribution is -2.38. The summed E-state index contributed by atoms with van der Waals surface area (Å²) < 4.78 is 5.54. The number of nitrogens with zero attached hydrogens (tertiary/aromatic N) is 1. The van der Waals surface area contributed by atoms with E-state index in [9.17, 15) is 0 Å². The van der Waals surface area contributed by atoms with Crippen LogP contribution >= 0.6 is 11.6 Å². The van der Waals surface area contributed by atoms with Crippen molar-refractivity contribution in [1.29, 1.82) is 0 Å². The highest BCUT2D eigenvalue weighted by Crippen LogP contribution is 2.24. The Balaban J connectivity index is 1.86. The summed E-state index contributed by atoms with van der Waals surface area (Å²) in [7, 11) is 0. The number of guanidine groups is 1. The molecule has 0 amide bonds. The second kappa shape index (κ2) is 7.14. The molecule has 1 aliphatic rings. The van der Waals surface area contributed by atoms with Crippen LogP contribution in [0.2, 0.25) is 5.02 Å². The molecule has 21 heavy (non-hydrogen) atoms. The zero-order valence-electron chi connectivity index (χ0n) is 12.7. The normalized spacial score (nSPS) is 19.8. The number of halogens is 1. The monoisotopic (exact) mass is 309 g/mol. The zero-order valence-corrected chi connectivity index (χ0v) is 13.5. The van der Waals surface area contributed by atoms with Gasteiger partial charge in [0.25, 0.3) is 0 Å². The molecule has 1 fully saturated rings. The number of rotatable bonds is 5. The molecule has 0 saturated carbocycles. The molecule has 1 heterocycles. The second-order valence-corrected chi connectivity index (χ2v) is 6.54. The van der Waals surface area contributed by atoms with Gasteiger partial charge in [0.1, 0.15) is 0 Å². The fourth-order valence-electron chi connectivity index (χ4n) is 2.35. The van der Waals surface area contributed by atoms with Gasteiger partial charge in [-0.15, -0.1) is 0 Å². The largest absolute Gasteiger partial charge is 0.376 e. The molecule has 1 saturated heterocycles. The quantitative estimate of drug-likeness (QED) is 0.649. The fourth-order valence-corrected chi connectivity index (χ4v) is 2.48. The van der Waals surface area contributed by atoms with Crippen LogP contribution in [-0.4, -0.2) is 31.8 Å². The highest BCUT2D eigenvalue weighted by atomic mass is 35.5. The van der Waals surface area contributed by atoms with Crippen molar-refractivity contribution < 1.29 is 4.74 Å². The first-order valence-electron chi connectivity index (χ1n) is 7.39. The van der Waals surface area contributed by atoms with Gasteiger partial charge in [-0.1, -0.05) is 37.6 Å². The van der Waals surface area contributed by atoms with Crippen LogP contribution < -0.4 is 11.1 Å². The van der Waals surface area contributed by atoms with Crippen molar-refractivity contribution in [3.63, 3.8) is 0 Å². The summed E-state index contributed by atoms with van der Waals surface area (Å²) in [6, 6.07) is 7.88. The van der Waals surface area contributed by atoms with Crippen LogP contribution in [0.5, 0.6) is 0 Å². The van der Waals surface area contributed by atoms with Crippen LogP contribution in [0.1, 0.15) is 32.3 Å². The molecule has 3 N–H and O–H groups in total. The molecule has 0 spiro atoms. The molecule has 4 nitrogen and oxygen atoms in total. The van der Waals surface area contributed by atoms with E-state index in [1.807, 2.05) is 24.3 Å². The molecule has 1 atom stereocenters. The Morgan fingerprint density at radius 1 is 1.43 bits per heavy atom. The van der Waals surface area contributed by atoms with Crippen molar-refractivity contribution in [2.24, 2.45) is 10.7 Å². The Labute approximate surface area is 131 Å². The van der Waals surface area contributed by atoms with Gasteiger partial charge < -0.3 is 15.8 Å². The summed E-state index contributed by atoms with van der Waals surface area (Å²) in [5, 5.41) is 3.89. The van der Waals surface area contributed by atoms with E-state index in [2.05, 4.69) is 24.2 Å². The number of nitrogens with two attached hydrogens (primary N) is 1. The first-order chi connectivity index (χ1) is 9.97. The van der Waals surface area contributed by atoms with E-state index >= 15 is 0 Å². The van der Waals surface area contributed by atoms with Crippen molar-refractivity contribution in [3.8, 4) is 0 Å². The first kappa shape index (κ1) is 16.1. The van der Waals surface area contributed by atoms with E-state index in [1.54, 1.807) is 0 Å². The lowest BCUT2D eigenvalue weighted by molar-refractivity contribution is 0.114. The third kappa shape index (κ3) is 4.90. The van der Waals surface area contributed by atoms with Gasteiger partial charge in [0.15, 0.2) is 5.96 Å². The van der Waals surface area contributed by atoms with Crippen molar-refractivity contribution >= 4 is 17.6 Å². The smallest absolute Gasteiger partial charge is 0.188 e. The highest BCUT2D eigenvalue weighted by molar-refractivity contribution is 6.30. The summed E-state index contributed by atoms with van der Waals surface area (Å²) in [5.74, 6) is 0.479. The van der Waals surface area contributed by atoms with Crippen LogP contribution in [-0.2, 0) is 10.2 Å². The second-order valence-electron chi connectivity index (χ2n) is 6.11. The Morgan fingerprint density at radius 3 is 2.76 bits per heavy atom. The van der Waals surface area contributed by atoms with Crippen LogP contribution in [0.3, 0.4) is 0 Å². The number of ether oxygens (including phenoxy) is 1. The third-order valence-electron chi connectivity index (χ3n) is 3.81. The molecule has 1 aliphatic heterocycles. The number of hydrogen-bond acceptors (Lipinski definition) is 2. The number of benzene rings is 1. The molecule has 1 unspecified atom stereocenters. The van der Waals surface area contributed by atoms with Crippen LogP contribution in [0, 0.1) is 0 Å².